The molecule has 1 rings (SSSR count). The first-order valence-electron chi connectivity index (χ1n) is 24.1. The lowest BCUT2D eigenvalue weighted by Crippen LogP contribution is -2.64. The molecule has 63 heavy (non-hydrogen) atoms. The first-order chi connectivity index (χ1) is 30.4. The summed E-state index contributed by atoms with van der Waals surface area (Å²) < 4.78 is 33.5. The topological polar surface area (TPSA) is 210 Å². The van der Waals surface area contributed by atoms with Gasteiger partial charge in [-0.05, 0) is 51.4 Å². The van der Waals surface area contributed by atoms with Crippen LogP contribution in [0.1, 0.15) is 181 Å². The average Bonchev–Trinajstić information content (AvgIpc) is 3.26. The van der Waals surface area contributed by atoms with Gasteiger partial charge in [0.1, 0.15) is 43.2 Å². The molecule has 1 aliphatic rings. The number of unbranched alkanes of at least 4 members (excludes halogenated alkanes) is 17. The molecule has 13 nitrogen and oxygen atoms in total. The number of hydrogen-bond acceptors (Lipinski definition) is 12. The van der Waals surface area contributed by atoms with E-state index in [-0.39, 0.29) is 12.8 Å². The van der Waals surface area contributed by atoms with E-state index in [2.05, 4.69) is 56.4 Å². The van der Waals surface area contributed by atoms with Crippen LogP contribution in [0.3, 0.4) is 0 Å². The number of allylic oxidation sites excluding steroid dienone is 10. The Bertz CT molecular complexity index is 1330. The quantitative estimate of drug-likeness (QED) is 0.0147. The molecular formula is C49H85O13P. The molecular weight excluding hydrogens is 828 g/mol. The summed E-state index contributed by atoms with van der Waals surface area (Å²) in [6.45, 7) is 3.22. The molecule has 0 amide bonds. The minimum atomic E-state index is -5.14. The van der Waals surface area contributed by atoms with Gasteiger partial charge in [0.05, 0.1) is 6.61 Å². The van der Waals surface area contributed by atoms with Crippen LogP contribution >= 0.6 is 7.82 Å². The van der Waals surface area contributed by atoms with Crippen LogP contribution in [0.15, 0.2) is 60.8 Å². The van der Waals surface area contributed by atoms with E-state index in [1.165, 1.54) is 89.9 Å². The van der Waals surface area contributed by atoms with E-state index in [9.17, 15) is 44.6 Å². The Hall–Kier alpha value is -2.45. The van der Waals surface area contributed by atoms with Gasteiger partial charge in [0.25, 0.3) is 0 Å². The van der Waals surface area contributed by atoms with Crippen molar-refractivity contribution in [2.75, 3.05) is 13.2 Å². The van der Waals surface area contributed by atoms with E-state index < -0.39 is 75.7 Å². The van der Waals surface area contributed by atoms with Gasteiger partial charge < -0.3 is 39.9 Å². The molecule has 0 saturated heterocycles. The van der Waals surface area contributed by atoms with Crippen LogP contribution in [0.25, 0.3) is 0 Å². The number of aliphatic hydroxyl groups excluding tert-OH is 5. The molecule has 14 heteroatoms. The first kappa shape index (κ1) is 58.6. The zero-order chi connectivity index (χ0) is 46.4. The summed E-state index contributed by atoms with van der Waals surface area (Å²) in [7, 11) is -5.14. The predicted octanol–water partition coefficient (Wildman–Crippen LogP) is 9.73. The third-order valence-electron chi connectivity index (χ3n) is 10.9. The summed E-state index contributed by atoms with van der Waals surface area (Å²) in [6.07, 6.45) is 34.3. The van der Waals surface area contributed by atoms with Gasteiger partial charge in [0, 0.05) is 12.8 Å². The maximum Gasteiger partial charge on any atom is 0.472 e. The second kappa shape index (κ2) is 38.8. The van der Waals surface area contributed by atoms with Crippen molar-refractivity contribution in [2.24, 2.45) is 0 Å². The molecule has 0 aromatic heterocycles. The maximum absolute atomic E-state index is 12.8. The van der Waals surface area contributed by atoms with Gasteiger partial charge >= 0.3 is 19.8 Å². The average molecular weight is 913 g/mol. The van der Waals surface area contributed by atoms with Gasteiger partial charge in [0.15, 0.2) is 6.10 Å². The SMILES string of the molecule is CCCCC/C=C\C/C=C\C/C=C\C/C=C\C/C=C\CCC(=O)OC(COC(=O)CCCCCCCCCCCCCCCCC)COP(=O)(O)OC1[C@H](O)[C@H](O)C(O)[C@H](O)[C@H]1O. The van der Waals surface area contributed by atoms with Crippen LogP contribution in [0, 0.1) is 0 Å². The number of phosphoric ester groups is 1. The van der Waals surface area contributed by atoms with Crippen LogP contribution < -0.4 is 0 Å². The fourth-order valence-corrected chi connectivity index (χ4v) is 7.95. The van der Waals surface area contributed by atoms with Gasteiger partial charge in [0.2, 0.25) is 0 Å². The Kier molecular flexibility index (Phi) is 36.1. The third kappa shape index (κ3) is 31.2. The molecule has 0 aliphatic heterocycles. The molecule has 1 fully saturated rings. The Morgan fingerprint density at radius 1 is 0.492 bits per heavy atom. The summed E-state index contributed by atoms with van der Waals surface area (Å²) in [4.78, 5) is 35.7. The van der Waals surface area contributed by atoms with E-state index in [1.54, 1.807) is 0 Å². The van der Waals surface area contributed by atoms with Gasteiger partial charge in [-0.25, -0.2) is 4.57 Å². The van der Waals surface area contributed by atoms with E-state index >= 15 is 0 Å². The highest BCUT2D eigenvalue weighted by Crippen LogP contribution is 2.47. The molecule has 0 aromatic rings. The fourth-order valence-electron chi connectivity index (χ4n) is 6.98. The van der Waals surface area contributed by atoms with E-state index in [4.69, 9.17) is 18.5 Å². The van der Waals surface area contributed by atoms with Gasteiger partial charge in [-0.2, -0.15) is 0 Å². The number of phosphoric acid groups is 1. The van der Waals surface area contributed by atoms with Crippen molar-refractivity contribution < 1.29 is 63.1 Å². The highest BCUT2D eigenvalue weighted by atomic mass is 31.2. The summed E-state index contributed by atoms with van der Waals surface area (Å²) in [5.74, 6) is -1.19. The lowest BCUT2D eigenvalue weighted by Gasteiger charge is -2.41. The largest absolute Gasteiger partial charge is 0.472 e. The Balaban J connectivity index is 2.50. The number of hydrogen-bond donors (Lipinski definition) is 6. The second-order valence-electron chi connectivity index (χ2n) is 16.6. The monoisotopic (exact) mass is 913 g/mol. The van der Waals surface area contributed by atoms with Crippen molar-refractivity contribution in [1.82, 2.24) is 0 Å². The van der Waals surface area contributed by atoms with Crippen LogP contribution in [0.2, 0.25) is 0 Å². The minimum Gasteiger partial charge on any atom is -0.462 e. The Labute approximate surface area is 379 Å². The van der Waals surface area contributed by atoms with E-state index in [1.807, 2.05) is 18.2 Å². The van der Waals surface area contributed by atoms with E-state index in [0.717, 1.165) is 44.9 Å². The van der Waals surface area contributed by atoms with Gasteiger partial charge in [-0.15, -0.1) is 0 Å². The summed E-state index contributed by atoms with van der Waals surface area (Å²) >= 11 is 0. The smallest absolute Gasteiger partial charge is 0.462 e. The number of esters is 2. The third-order valence-corrected chi connectivity index (χ3v) is 11.9. The molecule has 0 radical (unpaired) electrons. The van der Waals surface area contributed by atoms with Crippen molar-refractivity contribution >= 4 is 19.8 Å². The van der Waals surface area contributed by atoms with Crippen molar-refractivity contribution in [3.8, 4) is 0 Å². The molecule has 0 spiro atoms. The number of carbonyl (C=O) groups is 2. The molecule has 1 saturated carbocycles. The molecule has 4 unspecified atom stereocenters. The zero-order valence-electron chi connectivity index (χ0n) is 38.6. The first-order valence-corrected chi connectivity index (χ1v) is 25.6. The molecule has 1 aliphatic carbocycles. The van der Waals surface area contributed by atoms with E-state index in [0.29, 0.717) is 19.3 Å². The molecule has 0 heterocycles. The predicted molar refractivity (Wildman–Crippen MR) is 249 cm³/mol. The van der Waals surface area contributed by atoms with Crippen molar-refractivity contribution in [2.45, 2.75) is 224 Å². The second-order valence-corrected chi connectivity index (χ2v) is 18.0. The fraction of sp³-hybridized carbons (Fsp3) is 0.755. The van der Waals surface area contributed by atoms with Crippen LogP contribution in [0.4, 0.5) is 0 Å². The van der Waals surface area contributed by atoms with Crippen molar-refractivity contribution in [3.63, 3.8) is 0 Å². The normalized spacial score (nSPS) is 22.2. The zero-order valence-corrected chi connectivity index (χ0v) is 39.5. The molecule has 0 bridgehead atoms. The summed E-state index contributed by atoms with van der Waals surface area (Å²) in [6, 6.07) is 0. The van der Waals surface area contributed by atoms with Gasteiger partial charge in [-0.3, -0.25) is 18.6 Å². The summed E-state index contributed by atoms with van der Waals surface area (Å²) in [5.41, 5.74) is 0. The van der Waals surface area contributed by atoms with Crippen LogP contribution in [-0.2, 0) is 32.7 Å². The van der Waals surface area contributed by atoms with Crippen LogP contribution in [-0.4, -0.2) is 98.3 Å². The molecule has 0 aromatic carbocycles. The number of aliphatic hydroxyl groups is 5. The van der Waals surface area contributed by atoms with Crippen molar-refractivity contribution in [1.29, 1.82) is 0 Å². The molecule has 8 atom stereocenters. The lowest BCUT2D eigenvalue weighted by molar-refractivity contribution is -0.220. The molecule has 6 N–H and O–H groups in total. The summed E-state index contributed by atoms with van der Waals surface area (Å²) in [5, 5.41) is 50.2. The Morgan fingerprint density at radius 2 is 0.889 bits per heavy atom. The highest BCUT2D eigenvalue weighted by Gasteiger charge is 2.51. The Morgan fingerprint density at radius 3 is 1.37 bits per heavy atom. The minimum absolute atomic E-state index is 0.0272. The molecule has 364 valence electrons. The standard InChI is InChI=1S/C49H85O13P/c1-3-5-7-9-11-13-15-17-19-20-21-22-24-26-28-30-32-34-36-38-43(51)61-41(40-60-63(57,58)62-49-47(55)45(53)44(52)46(54)48(49)56)39-59-42(50)37-35-33-31-29-27-25-23-18-16-14-12-10-8-6-4-2/h11,13,17,19,21-22,26,28,32,34,41,44-49,52-56H,3-10,12,14-16,18,20,23-25,27,29-31,33,35-40H2,1-2H3,(H,57,58)/b13-11-,19-17-,22-21-,28-26-,34-32-/t41?,44?,45-,46+,47-,48-,49?/m1/s1. The van der Waals surface area contributed by atoms with Gasteiger partial charge in [-0.1, -0.05) is 177 Å². The highest BCUT2D eigenvalue weighted by molar-refractivity contribution is 7.47. The number of rotatable bonds is 39. The lowest BCUT2D eigenvalue weighted by atomic mass is 9.85. The maximum atomic E-state index is 12.8. The number of carbonyl (C=O) groups excluding carboxylic acids is 2. The van der Waals surface area contributed by atoms with Crippen LogP contribution in [0.5, 0.6) is 0 Å². The van der Waals surface area contributed by atoms with Crippen molar-refractivity contribution in [3.05, 3.63) is 60.8 Å². The number of ether oxygens (including phenoxy) is 2.